The predicted molar refractivity (Wildman–Crippen MR) is 118 cm³/mol. The quantitative estimate of drug-likeness (QED) is 0.560. The first kappa shape index (κ1) is 22.5. The Morgan fingerprint density at radius 3 is 2.73 bits per heavy atom. The number of aliphatic hydroxyl groups excluding tert-OH is 2. The van der Waals surface area contributed by atoms with Gasteiger partial charge >= 0.3 is 0 Å². The number of halogens is 1. The molecular weight excluding hydrogens is 426 g/mol. The van der Waals surface area contributed by atoms with Gasteiger partial charge < -0.3 is 15.3 Å². The lowest BCUT2D eigenvalue weighted by molar-refractivity contribution is 0.190. The van der Waals surface area contributed by atoms with E-state index in [1.54, 1.807) is 25.3 Å². The van der Waals surface area contributed by atoms with Gasteiger partial charge in [-0.05, 0) is 72.9 Å². The van der Waals surface area contributed by atoms with Crippen molar-refractivity contribution in [2.24, 2.45) is 0 Å². The van der Waals surface area contributed by atoms with Crippen LogP contribution in [0.1, 0.15) is 31.0 Å². The van der Waals surface area contributed by atoms with Crippen LogP contribution in [-0.2, 0) is 9.84 Å². The number of phenolic OH excluding ortho intramolecular Hbond substituents is 1. The van der Waals surface area contributed by atoms with Crippen LogP contribution in [0.25, 0.3) is 11.6 Å². The molecule has 8 heteroatoms. The van der Waals surface area contributed by atoms with Crippen LogP contribution < -0.4 is 0 Å². The van der Waals surface area contributed by atoms with Gasteiger partial charge in [0.25, 0.3) is 0 Å². The van der Waals surface area contributed by atoms with E-state index in [0.29, 0.717) is 33.8 Å². The Balaban J connectivity index is 1.88. The fourth-order valence-corrected chi connectivity index (χ4v) is 5.93. The lowest BCUT2D eigenvalue weighted by atomic mass is 9.94. The van der Waals surface area contributed by atoms with Crippen molar-refractivity contribution in [3.8, 4) is 5.75 Å². The van der Waals surface area contributed by atoms with Crippen LogP contribution in [-0.4, -0.2) is 52.4 Å². The third-order valence-electron chi connectivity index (χ3n) is 5.21. The Bertz CT molecular complexity index is 1080. The monoisotopic (exact) mass is 449 g/mol. The second-order valence-corrected chi connectivity index (χ2v) is 9.95. The summed E-state index contributed by atoms with van der Waals surface area (Å²) in [5.74, 6) is -0.0803. The fraction of sp³-hybridized carbons (Fsp3) is 0.318. The van der Waals surface area contributed by atoms with Gasteiger partial charge in [0.1, 0.15) is 11.0 Å². The van der Waals surface area contributed by atoms with Gasteiger partial charge in [-0.2, -0.15) is 0 Å². The number of pyridine rings is 1. The van der Waals surface area contributed by atoms with Crippen molar-refractivity contribution in [1.82, 2.24) is 4.98 Å². The Morgan fingerprint density at radius 1 is 1.33 bits per heavy atom. The number of benzene rings is 1. The molecule has 1 aliphatic rings. The van der Waals surface area contributed by atoms with Crippen LogP contribution in [0.5, 0.6) is 5.75 Å². The number of allylic oxidation sites excluding steroid dienone is 1. The third kappa shape index (κ3) is 4.92. The molecule has 6 nitrogen and oxygen atoms in total. The summed E-state index contributed by atoms with van der Waals surface area (Å²) in [5, 5.41) is 29.2. The van der Waals surface area contributed by atoms with E-state index in [-0.39, 0.29) is 17.9 Å². The minimum atomic E-state index is -3.48. The second kappa shape index (κ2) is 9.31. The highest BCUT2D eigenvalue weighted by Crippen LogP contribution is 2.33. The van der Waals surface area contributed by atoms with E-state index >= 15 is 0 Å². The summed E-state index contributed by atoms with van der Waals surface area (Å²) in [7, 11) is -3.48. The lowest BCUT2D eigenvalue weighted by Crippen LogP contribution is -2.29. The second-order valence-electron chi connectivity index (χ2n) is 7.36. The topological polar surface area (TPSA) is 108 Å². The minimum absolute atomic E-state index is 0.0619. The number of aliphatic hydroxyl groups is 2. The van der Waals surface area contributed by atoms with E-state index in [0.717, 1.165) is 5.57 Å². The van der Waals surface area contributed by atoms with Crippen LogP contribution in [0, 0.1) is 0 Å². The maximum Gasteiger partial charge on any atom is 0.163 e. The van der Waals surface area contributed by atoms with Gasteiger partial charge in [-0.25, -0.2) is 8.42 Å². The largest absolute Gasteiger partial charge is 0.508 e. The number of hydrogen-bond acceptors (Lipinski definition) is 6. The molecule has 1 aliphatic heterocycles. The minimum Gasteiger partial charge on any atom is -0.508 e. The number of rotatable bonds is 7. The summed E-state index contributed by atoms with van der Waals surface area (Å²) in [6.45, 7) is 1.13. The first-order valence-corrected chi connectivity index (χ1v) is 11.6. The van der Waals surface area contributed by atoms with Crippen molar-refractivity contribution in [2.75, 3.05) is 12.4 Å². The molecule has 3 N–H and O–H groups in total. The Labute approximate surface area is 181 Å². The zero-order valence-corrected chi connectivity index (χ0v) is 18.1. The molecule has 0 radical (unpaired) electrons. The van der Waals surface area contributed by atoms with Crippen molar-refractivity contribution >= 4 is 33.1 Å². The predicted octanol–water partition coefficient (Wildman–Crippen LogP) is 3.23. The van der Waals surface area contributed by atoms with Crippen molar-refractivity contribution in [3.63, 3.8) is 0 Å². The number of phenols is 1. The van der Waals surface area contributed by atoms with Crippen molar-refractivity contribution < 1.29 is 23.7 Å². The molecule has 2 atom stereocenters. The number of aromatic nitrogens is 1. The van der Waals surface area contributed by atoms with E-state index in [4.69, 9.17) is 11.6 Å². The van der Waals surface area contributed by atoms with Crippen molar-refractivity contribution in [1.29, 1.82) is 0 Å². The van der Waals surface area contributed by atoms with Crippen LogP contribution in [0.15, 0.2) is 53.7 Å². The smallest absolute Gasteiger partial charge is 0.163 e. The standard InChI is InChI=1S/C22H24ClNO5S/c1-14-13-30(28,29)21(12-25)22(14)20(27)8-6-16(19-4-2-3-9-24-19)10-15-5-7-17(26)11-18(15)23/h2-5,7,9-11,20-21,25-27H,6,8,12-13H2,1H3/b16-10-/t20-,21+/m1/s1. The molecule has 0 fully saturated rings. The highest BCUT2D eigenvalue weighted by molar-refractivity contribution is 7.92. The van der Waals surface area contributed by atoms with Gasteiger partial charge in [0.2, 0.25) is 0 Å². The van der Waals surface area contributed by atoms with Gasteiger partial charge in [-0.3, -0.25) is 4.98 Å². The normalized spacial score (nSPS) is 19.9. The highest BCUT2D eigenvalue weighted by Gasteiger charge is 2.39. The van der Waals surface area contributed by atoms with Crippen LogP contribution in [0.2, 0.25) is 5.02 Å². The van der Waals surface area contributed by atoms with Gasteiger partial charge in [0, 0.05) is 6.20 Å². The molecule has 0 aliphatic carbocycles. The van der Waals surface area contributed by atoms with E-state index in [2.05, 4.69) is 4.98 Å². The van der Waals surface area contributed by atoms with Gasteiger partial charge in [-0.15, -0.1) is 0 Å². The maximum atomic E-state index is 12.2. The van der Waals surface area contributed by atoms with Crippen LogP contribution in [0.3, 0.4) is 0 Å². The summed E-state index contributed by atoms with van der Waals surface area (Å²) >= 11 is 6.24. The molecule has 3 rings (SSSR count). The molecule has 1 aromatic heterocycles. The van der Waals surface area contributed by atoms with E-state index in [1.807, 2.05) is 18.2 Å². The Hall–Kier alpha value is -2.19. The average Bonchev–Trinajstić information content (AvgIpc) is 2.94. The molecule has 0 saturated heterocycles. The first-order chi connectivity index (χ1) is 14.2. The van der Waals surface area contributed by atoms with E-state index in [9.17, 15) is 23.7 Å². The summed E-state index contributed by atoms with van der Waals surface area (Å²) in [6.07, 6.45) is 3.17. The zero-order valence-electron chi connectivity index (χ0n) is 16.5. The molecular formula is C22H24ClNO5S. The summed E-state index contributed by atoms with van der Waals surface area (Å²) in [5.41, 5.74) is 3.18. The molecule has 0 saturated carbocycles. The molecule has 0 spiro atoms. The molecule has 0 amide bonds. The SMILES string of the molecule is CC1=C([C@H](O)CC/C(=C/c2ccc(O)cc2Cl)c2ccccn2)[C@H](CO)S(=O)(=O)C1. The molecule has 2 aromatic rings. The summed E-state index contributed by atoms with van der Waals surface area (Å²) in [4.78, 5) is 4.38. The zero-order chi connectivity index (χ0) is 21.9. The third-order valence-corrected chi connectivity index (χ3v) is 7.64. The summed E-state index contributed by atoms with van der Waals surface area (Å²) in [6, 6.07) is 10.2. The maximum absolute atomic E-state index is 12.2. The molecule has 1 aromatic carbocycles. The first-order valence-electron chi connectivity index (χ1n) is 9.53. The molecule has 30 heavy (non-hydrogen) atoms. The lowest BCUT2D eigenvalue weighted by Gasteiger charge is -2.19. The fourth-order valence-electron chi connectivity index (χ4n) is 3.76. The molecule has 0 unspecified atom stereocenters. The molecule has 2 heterocycles. The van der Waals surface area contributed by atoms with Gasteiger partial charge in [-0.1, -0.05) is 23.2 Å². The highest BCUT2D eigenvalue weighted by atomic mass is 35.5. The Morgan fingerprint density at radius 2 is 2.10 bits per heavy atom. The van der Waals surface area contributed by atoms with E-state index in [1.165, 1.54) is 12.1 Å². The van der Waals surface area contributed by atoms with Gasteiger partial charge in [0.15, 0.2) is 9.84 Å². The van der Waals surface area contributed by atoms with Crippen molar-refractivity contribution in [2.45, 2.75) is 31.1 Å². The average molecular weight is 450 g/mol. The summed E-state index contributed by atoms with van der Waals surface area (Å²) < 4.78 is 24.4. The molecule has 0 bridgehead atoms. The van der Waals surface area contributed by atoms with Crippen molar-refractivity contribution in [3.05, 3.63) is 70.0 Å². The number of nitrogens with zero attached hydrogens (tertiary/aromatic N) is 1. The van der Waals surface area contributed by atoms with Crippen LogP contribution >= 0.6 is 11.6 Å². The van der Waals surface area contributed by atoms with Crippen LogP contribution in [0.4, 0.5) is 0 Å². The Kier molecular flexibility index (Phi) is 6.98. The number of sulfone groups is 1. The molecule has 160 valence electrons. The van der Waals surface area contributed by atoms with Gasteiger partial charge in [0.05, 0.1) is 29.2 Å². The number of aromatic hydroxyl groups is 1. The van der Waals surface area contributed by atoms with E-state index < -0.39 is 27.8 Å². The number of hydrogen-bond donors (Lipinski definition) is 3.